The van der Waals surface area contributed by atoms with Crippen LogP contribution in [0.5, 0.6) is 0 Å². The predicted octanol–water partition coefficient (Wildman–Crippen LogP) is 3.62. The summed E-state index contributed by atoms with van der Waals surface area (Å²) in [4.78, 5) is 6.94. The maximum absolute atomic E-state index is 10.3. The molecule has 0 spiro atoms. The molecule has 2 aliphatic rings. The minimum absolute atomic E-state index is 0.0781. The van der Waals surface area contributed by atoms with Crippen molar-refractivity contribution in [1.29, 1.82) is 0 Å². The van der Waals surface area contributed by atoms with Crippen LogP contribution < -0.4 is 0 Å². The fourth-order valence-corrected chi connectivity index (χ4v) is 5.07. The predicted molar refractivity (Wildman–Crippen MR) is 103 cm³/mol. The minimum atomic E-state index is -0.0781. The van der Waals surface area contributed by atoms with E-state index in [0.717, 1.165) is 18.5 Å². The number of hydrogen-bond donors (Lipinski definition) is 1. The summed E-state index contributed by atoms with van der Waals surface area (Å²) in [5, 5.41) is 11.7. The first kappa shape index (κ1) is 16.0. The zero-order valence-electron chi connectivity index (χ0n) is 15.2. The molecule has 0 amide bonds. The van der Waals surface area contributed by atoms with E-state index >= 15 is 0 Å². The van der Waals surface area contributed by atoms with E-state index in [-0.39, 0.29) is 12.6 Å². The average Bonchev–Trinajstić information content (AvgIpc) is 3.26. The van der Waals surface area contributed by atoms with Crippen LogP contribution in [0.2, 0.25) is 0 Å². The first-order valence-electron chi connectivity index (χ1n) is 9.66. The van der Waals surface area contributed by atoms with Crippen LogP contribution in [0.1, 0.15) is 47.3 Å². The van der Waals surface area contributed by atoms with Gasteiger partial charge in [0.05, 0.1) is 12.6 Å². The normalized spacial score (nSPS) is 20.9. The summed E-state index contributed by atoms with van der Waals surface area (Å²) in [6.07, 6.45) is 7.26. The van der Waals surface area contributed by atoms with Crippen molar-refractivity contribution in [2.24, 2.45) is 0 Å². The van der Waals surface area contributed by atoms with E-state index in [1.165, 1.54) is 47.1 Å². The average molecular weight is 347 g/mol. The van der Waals surface area contributed by atoms with Crippen molar-refractivity contribution in [2.45, 2.75) is 38.3 Å². The Kier molecular flexibility index (Phi) is 3.84. The second-order valence-electron chi connectivity index (χ2n) is 7.68. The Hall–Kier alpha value is -2.17. The van der Waals surface area contributed by atoms with Crippen LogP contribution in [0.4, 0.5) is 0 Å². The van der Waals surface area contributed by atoms with Gasteiger partial charge >= 0.3 is 0 Å². The van der Waals surface area contributed by atoms with Crippen molar-refractivity contribution < 1.29 is 5.11 Å². The number of pyridine rings is 1. The van der Waals surface area contributed by atoms with E-state index in [0.29, 0.717) is 6.04 Å². The van der Waals surface area contributed by atoms with Crippen LogP contribution in [0.3, 0.4) is 0 Å². The fraction of sp³-hybridized carbons (Fsp3) is 0.409. The molecule has 1 saturated heterocycles. The van der Waals surface area contributed by atoms with E-state index in [2.05, 4.69) is 45.6 Å². The molecule has 0 saturated carbocycles. The molecule has 134 valence electrons. The molecule has 1 aromatic carbocycles. The molecule has 0 aliphatic carbocycles. The molecule has 4 heterocycles. The molecule has 26 heavy (non-hydrogen) atoms. The maximum atomic E-state index is 10.3. The van der Waals surface area contributed by atoms with Gasteiger partial charge in [0.2, 0.25) is 0 Å². The molecule has 0 bridgehead atoms. The number of benzene rings is 1. The summed E-state index contributed by atoms with van der Waals surface area (Å²) < 4.78 is 2.40. The third kappa shape index (κ3) is 2.32. The zero-order chi connectivity index (χ0) is 17.7. The Morgan fingerprint density at radius 2 is 2.19 bits per heavy atom. The number of aromatic nitrogens is 2. The van der Waals surface area contributed by atoms with Gasteiger partial charge in [-0.25, -0.2) is 0 Å². The molecule has 3 aromatic rings. The standard InChI is InChI=1S/C22H25N3O/c1-15-6-7-18-17(12-15)22-19-5-3-10-24(19)11-8-20(22)25(18)21(14-26)16-4-2-9-23-13-16/h2,4,6-7,9,12-13,19,21,26H,3,5,8,10-11,14H2,1H3. The van der Waals surface area contributed by atoms with Crippen LogP contribution in [0, 0.1) is 6.92 Å². The monoisotopic (exact) mass is 347 g/mol. The van der Waals surface area contributed by atoms with Gasteiger partial charge in [-0.2, -0.15) is 0 Å². The molecule has 2 aromatic heterocycles. The highest BCUT2D eigenvalue weighted by Crippen LogP contribution is 2.44. The lowest BCUT2D eigenvalue weighted by Crippen LogP contribution is -2.32. The van der Waals surface area contributed by atoms with Gasteiger partial charge in [0.1, 0.15) is 0 Å². The van der Waals surface area contributed by atoms with Crippen molar-refractivity contribution in [3.05, 3.63) is 65.1 Å². The van der Waals surface area contributed by atoms with E-state index in [9.17, 15) is 5.11 Å². The van der Waals surface area contributed by atoms with Gasteiger partial charge in [0.25, 0.3) is 0 Å². The van der Waals surface area contributed by atoms with Crippen LogP contribution >= 0.6 is 0 Å². The third-order valence-corrected chi connectivity index (χ3v) is 6.19. The van der Waals surface area contributed by atoms with Gasteiger partial charge < -0.3 is 9.67 Å². The highest BCUT2D eigenvalue weighted by molar-refractivity contribution is 5.87. The number of nitrogens with zero attached hydrogens (tertiary/aromatic N) is 3. The van der Waals surface area contributed by atoms with Crippen LogP contribution in [0.15, 0.2) is 42.7 Å². The zero-order valence-corrected chi connectivity index (χ0v) is 15.2. The highest BCUT2D eigenvalue weighted by Gasteiger charge is 2.36. The van der Waals surface area contributed by atoms with Crippen molar-refractivity contribution in [3.8, 4) is 0 Å². The molecule has 4 heteroatoms. The van der Waals surface area contributed by atoms with E-state index in [1.807, 2.05) is 12.3 Å². The van der Waals surface area contributed by atoms with Crippen LogP contribution in [-0.2, 0) is 6.42 Å². The van der Waals surface area contributed by atoms with Crippen molar-refractivity contribution in [1.82, 2.24) is 14.5 Å². The van der Waals surface area contributed by atoms with E-state index in [4.69, 9.17) is 0 Å². The van der Waals surface area contributed by atoms with E-state index in [1.54, 1.807) is 6.20 Å². The van der Waals surface area contributed by atoms with Crippen LogP contribution in [-0.4, -0.2) is 39.3 Å². The van der Waals surface area contributed by atoms with Crippen molar-refractivity contribution >= 4 is 10.9 Å². The first-order valence-corrected chi connectivity index (χ1v) is 9.66. The number of hydrogen-bond acceptors (Lipinski definition) is 3. The Balaban J connectivity index is 1.78. The van der Waals surface area contributed by atoms with Gasteiger partial charge in [-0.15, -0.1) is 0 Å². The van der Waals surface area contributed by atoms with Crippen molar-refractivity contribution in [2.75, 3.05) is 19.7 Å². The summed E-state index contributed by atoms with van der Waals surface area (Å²) in [6, 6.07) is 11.3. The highest BCUT2D eigenvalue weighted by atomic mass is 16.3. The van der Waals surface area contributed by atoms with Crippen molar-refractivity contribution in [3.63, 3.8) is 0 Å². The molecule has 0 radical (unpaired) electrons. The number of aliphatic hydroxyl groups is 1. The lowest BCUT2D eigenvalue weighted by Gasteiger charge is -2.32. The quantitative estimate of drug-likeness (QED) is 0.787. The van der Waals surface area contributed by atoms with Gasteiger partial charge in [0, 0.05) is 48.0 Å². The summed E-state index contributed by atoms with van der Waals surface area (Å²) in [7, 11) is 0. The first-order chi connectivity index (χ1) is 12.8. The number of aliphatic hydroxyl groups excluding tert-OH is 1. The molecule has 1 fully saturated rings. The maximum Gasteiger partial charge on any atom is 0.0834 e. The molecule has 5 rings (SSSR count). The molecular formula is C22H25N3O. The Morgan fingerprint density at radius 1 is 1.27 bits per heavy atom. The van der Waals surface area contributed by atoms with Gasteiger partial charge in [-0.1, -0.05) is 17.7 Å². The largest absolute Gasteiger partial charge is 0.394 e. The van der Waals surface area contributed by atoms with Crippen LogP contribution in [0.25, 0.3) is 10.9 Å². The molecular weight excluding hydrogens is 322 g/mol. The number of rotatable bonds is 3. The summed E-state index contributed by atoms with van der Waals surface area (Å²) in [5.41, 5.74) is 6.54. The SMILES string of the molecule is Cc1ccc2c(c1)c1c(n2C(CO)c2cccnc2)CCN2CCCC12. The smallest absolute Gasteiger partial charge is 0.0834 e. The lowest BCUT2D eigenvalue weighted by atomic mass is 9.95. The van der Waals surface area contributed by atoms with Gasteiger partial charge in [0.15, 0.2) is 0 Å². The van der Waals surface area contributed by atoms with E-state index < -0.39 is 0 Å². The second kappa shape index (κ2) is 6.22. The Labute approximate surface area is 154 Å². The Morgan fingerprint density at radius 3 is 3.00 bits per heavy atom. The minimum Gasteiger partial charge on any atom is -0.394 e. The van der Waals surface area contributed by atoms with Gasteiger partial charge in [-0.3, -0.25) is 9.88 Å². The fourth-order valence-electron chi connectivity index (χ4n) is 5.07. The molecule has 1 N–H and O–H groups in total. The Bertz CT molecular complexity index is 947. The van der Waals surface area contributed by atoms with Gasteiger partial charge in [-0.05, 0) is 55.6 Å². The lowest BCUT2D eigenvalue weighted by molar-refractivity contribution is 0.229. The molecule has 4 nitrogen and oxygen atoms in total. The number of fused-ring (bicyclic) bond motifs is 5. The summed E-state index contributed by atoms with van der Waals surface area (Å²) in [6.45, 7) is 4.60. The molecule has 2 unspecified atom stereocenters. The second-order valence-corrected chi connectivity index (χ2v) is 7.68. The number of aryl methyl sites for hydroxylation is 1. The topological polar surface area (TPSA) is 41.3 Å². The molecule has 2 aliphatic heterocycles. The molecule has 2 atom stereocenters. The summed E-state index contributed by atoms with van der Waals surface area (Å²) >= 11 is 0. The summed E-state index contributed by atoms with van der Waals surface area (Å²) in [5.74, 6) is 0. The third-order valence-electron chi connectivity index (χ3n) is 6.19.